The highest BCUT2D eigenvalue weighted by molar-refractivity contribution is 5.39. The van der Waals surface area contributed by atoms with Gasteiger partial charge < -0.3 is 9.47 Å². The molecule has 0 aromatic heterocycles. The Labute approximate surface area is 127 Å². The lowest BCUT2D eigenvalue weighted by Crippen LogP contribution is -2.06. The van der Waals surface area contributed by atoms with Crippen molar-refractivity contribution in [2.75, 3.05) is 13.7 Å². The van der Waals surface area contributed by atoms with Gasteiger partial charge in [0.15, 0.2) is 11.6 Å². The van der Waals surface area contributed by atoms with Crippen molar-refractivity contribution >= 4 is 0 Å². The lowest BCUT2D eigenvalue weighted by Gasteiger charge is -2.14. The Morgan fingerprint density at radius 2 is 1.91 bits per heavy atom. The number of ether oxygens (including phenoxy) is 2. The van der Waals surface area contributed by atoms with E-state index in [9.17, 15) is 14.0 Å². The van der Waals surface area contributed by atoms with E-state index in [4.69, 9.17) is 9.47 Å². The summed E-state index contributed by atoms with van der Waals surface area (Å²) in [5, 5.41) is 9.31. The zero-order valence-corrected chi connectivity index (χ0v) is 12.1. The Hall–Kier alpha value is -2.61. The SMILES string of the molecule is COc1ccccc1C(C#N)CCOc1ccc(F)c(F)c1. The summed E-state index contributed by atoms with van der Waals surface area (Å²) in [5.74, 6) is -1.41. The van der Waals surface area contributed by atoms with Crippen LogP contribution < -0.4 is 9.47 Å². The van der Waals surface area contributed by atoms with Gasteiger partial charge in [0, 0.05) is 18.1 Å². The molecule has 0 aliphatic rings. The minimum atomic E-state index is -0.959. The van der Waals surface area contributed by atoms with E-state index in [2.05, 4.69) is 6.07 Å². The fourth-order valence-electron chi connectivity index (χ4n) is 2.11. The van der Waals surface area contributed by atoms with Crippen molar-refractivity contribution in [1.29, 1.82) is 5.26 Å². The van der Waals surface area contributed by atoms with Gasteiger partial charge in [-0.15, -0.1) is 0 Å². The molecule has 0 saturated carbocycles. The first kappa shape index (κ1) is 15.8. The molecular formula is C17H15F2NO2. The molecule has 5 heteroatoms. The quantitative estimate of drug-likeness (QED) is 0.808. The van der Waals surface area contributed by atoms with Crippen molar-refractivity contribution in [2.24, 2.45) is 0 Å². The number of halogens is 2. The molecule has 0 amide bonds. The van der Waals surface area contributed by atoms with Crippen LogP contribution in [0, 0.1) is 23.0 Å². The molecule has 2 rings (SSSR count). The van der Waals surface area contributed by atoms with Gasteiger partial charge in [-0.2, -0.15) is 5.26 Å². The van der Waals surface area contributed by atoms with Gasteiger partial charge in [0.2, 0.25) is 0 Å². The standard InChI is InChI=1S/C17H15F2NO2/c1-21-17-5-3-2-4-14(17)12(11-20)8-9-22-13-6-7-15(18)16(19)10-13/h2-7,10,12H,8-9H2,1H3. The summed E-state index contributed by atoms with van der Waals surface area (Å²) in [7, 11) is 1.55. The van der Waals surface area contributed by atoms with Gasteiger partial charge in [0.25, 0.3) is 0 Å². The Bertz CT molecular complexity index is 683. The lowest BCUT2D eigenvalue weighted by molar-refractivity contribution is 0.302. The van der Waals surface area contributed by atoms with Crippen LogP contribution in [-0.4, -0.2) is 13.7 Å². The van der Waals surface area contributed by atoms with E-state index >= 15 is 0 Å². The molecule has 0 N–H and O–H groups in total. The molecule has 2 aromatic carbocycles. The second kappa shape index (κ2) is 7.41. The van der Waals surface area contributed by atoms with E-state index in [1.54, 1.807) is 13.2 Å². The molecule has 0 aliphatic heterocycles. The normalized spacial score (nSPS) is 11.5. The van der Waals surface area contributed by atoms with Gasteiger partial charge in [0.05, 0.1) is 25.7 Å². The average Bonchev–Trinajstić information content (AvgIpc) is 2.55. The fourth-order valence-corrected chi connectivity index (χ4v) is 2.11. The fraction of sp³-hybridized carbons (Fsp3) is 0.235. The van der Waals surface area contributed by atoms with E-state index in [-0.39, 0.29) is 12.4 Å². The van der Waals surface area contributed by atoms with Crippen LogP contribution in [0.1, 0.15) is 17.9 Å². The van der Waals surface area contributed by atoms with Crippen LogP contribution in [-0.2, 0) is 0 Å². The summed E-state index contributed by atoms with van der Waals surface area (Å²) in [4.78, 5) is 0. The maximum atomic E-state index is 13.1. The van der Waals surface area contributed by atoms with Crippen LogP contribution in [0.15, 0.2) is 42.5 Å². The third-order valence-corrected chi connectivity index (χ3v) is 3.24. The van der Waals surface area contributed by atoms with Crippen molar-refractivity contribution in [3.05, 3.63) is 59.7 Å². The van der Waals surface area contributed by atoms with Crippen LogP contribution in [0.2, 0.25) is 0 Å². The number of benzene rings is 2. The summed E-state index contributed by atoms with van der Waals surface area (Å²) in [6.07, 6.45) is 0.413. The van der Waals surface area contributed by atoms with E-state index in [0.717, 1.165) is 17.7 Å². The Kier molecular flexibility index (Phi) is 5.31. The van der Waals surface area contributed by atoms with Crippen LogP contribution in [0.3, 0.4) is 0 Å². The molecule has 0 fully saturated rings. The number of nitriles is 1. The molecule has 3 nitrogen and oxygen atoms in total. The smallest absolute Gasteiger partial charge is 0.162 e. The molecule has 22 heavy (non-hydrogen) atoms. The molecule has 114 valence electrons. The Morgan fingerprint density at radius 3 is 2.59 bits per heavy atom. The zero-order valence-electron chi connectivity index (χ0n) is 12.1. The highest BCUT2D eigenvalue weighted by Gasteiger charge is 2.15. The van der Waals surface area contributed by atoms with Gasteiger partial charge in [0.1, 0.15) is 11.5 Å². The summed E-state index contributed by atoms with van der Waals surface area (Å²) in [6, 6.07) is 12.8. The largest absolute Gasteiger partial charge is 0.496 e. The molecule has 0 bridgehead atoms. The van der Waals surface area contributed by atoms with Crippen molar-refractivity contribution in [3.8, 4) is 17.6 Å². The number of hydrogen-bond donors (Lipinski definition) is 0. The first-order valence-corrected chi connectivity index (χ1v) is 6.76. The van der Waals surface area contributed by atoms with E-state index in [1.165, 1.54) is 6.07 Å². The van der Waals surface area contributed by atoms with Crippen molar-refractivity contribution in [2.45, 2.75) is 12.3 Å². The predicted molar refractivity (Wildman–Crippen MR) is 77.8 cm³/mol. The average molecular weight is 303 g/mol. The summed E-state index contributed by atoms with van der Waals surface area (Å²) >= 11 is 0. The molecule has 0 saturated heterocycles. The monoisotopic (exact) mass is 303 g/mol. The molecule has 0 heterocycles. The molecule has 0 radical (unpaired) electrons. The number of methoxy groups -OCH3 is 1. The Morgan fingerprint density at radius 1 is 1.14 bits per heavy atom. The first-order valence-electron chi connectivity index (χ1n) is 6.76. The number of hydrogen-bond acceptors (Lipinski definition) is 3. The van der Waals surface area contributed by atoms with Gasteiger partial charge in [-0.05, 0) is 18.2 Å². The first-order chi connectivity index (χ1) is 10.7. The van der Waals surface area contributed by atoms with E-state index in [0.29, 0.717) is 12.2 Å². The van der Waals surface area contributed by atoms with Crippen LogP contribution in [0.5, 0.6) is 11.5 Å². The van der Waals surface area contributed by atoms with Gasteiger partial charge in [-0.3, -0.25) is 0 Å². The maximum Gasteiger partial charge on any atom is 0.162 e. The van der Waals surface area contributed by atoms with Gasteiger partial charge in [-0.1, -0.05) is 18.2 Å². The van der Waals surface area contributed by atoms with Gasteiger partial charge >= 0.3 is 0 Å². The number of para-hydroxylation sites is 1. The van der Waals surface area contributed by atoms with E-state index in [1.807, 2.05) is 18.2 Å². The van der Waals surface area contributed by atoms with Crippen molar-refractivity contribution in [1.82, 2.24) is 0 Å². The molecule has 0 spiro atoms. The molecule has 2 aromatic rings. The van der Waals surface area contributed by atoms with Crippen LogP contribution in [0.25, 0.3) is 0 Å². The second-order valence-corrected chi connectivity index (χ2v) is 4.64. The van der Waals surface area contributed by atoms with E-state index < -0.39 is 17.6 Å². The van der Waals surface area contributed by atoms with Crippen LogP contribution >= 0.6 is 0 Å². The summed E-state index contributed by atoms with van der Waals surface area (Å²) in [5.41, 5.74) is 0.779. The maximum absolute atomic E-state index is 13.1. The third-order valence-electron chi connectivity index (χ3n) is 3.24. The highest BCUT2D eigenvalue weighted by atomic mass is 19.2. The van der Waals surface area contributed by atoms with Crippen LogP contribution in [0.4, 0.5) is 8.78 Å². The van der Waals surface area contributed by atoms with Gasteiger partial charge in [-0.25, -0.2) is 8.78 Å². The minimum Gasteiger partial charge on any atom is -0.496 e. The van der Waals surface area contributed by atoms with Crippen molar-refractivity contribution in [3.63, 3.8) is 0 Å². The third kappa shape index (κ3) is 3.73. The molecular weight excluding hydrogens is 288 g/mol. The molecule has 1 unspecified atom stereocenters. The number of nitrogens with zero attached hydrogens (tertiary/aromatic N) is 1. The topological polar surface area (TPSA) is 42.2 Å². The molecule has 0 aliphatic carbocycles. The minimum absolute atomic E-state index is 0.210. The Balaban J connectivity index is 1.99. The second-order valence-electron chi connectivity index (χ2n) is 4.64. The lowest BCUT2D eigenvalue weighted by atomic mass is 9.97. The molecule has 1 atom stereocenters. The summed E-state index contributed by atoms with van der Waals surface area (Å²) < 4.78 is 36.5. The number of rotatable bonds is 6. The zero-order chi connectivity index (χ0) is 15.9. The highest BCUT2D eigenvalue weighted by Crippen LogP contribution is 2.28. The summed E-state index contributed by atoms with van der Waals surface area (Å²) in [6.45, 7) is 0.210. The predicted octanol–water partition coefficient (Wildman–Crippen LogP) is 4.05. The van der Waals surface area contributed by atoms with Crippen molar-refractivity contribution < 1.29 is 18.3 Å².